The first-order valence-corrected chi connectivity index (χ1v) is 6.39. The monoisotopic (exact) mass is 249 g/mol. The van der Waals surface area contributed by atoms with Gasteiger partial charge in [-0.1, -0.05) is 24.3 Å². The molecule has 2 fully saturated rings. The number of carboxylic acid groups (broad SMARTS) is 1. The van der Waals surface area contributed by atoms with Crippen LogP contribution < -0.4 is 0 Å². The van der Waals surface area contributed by atoms with E-state index in [0.717, 1.165) is 18.4 Å². The molecule has 2 aliphatic rings. The molecule has 1 aliphatic heterocycles. The van der Waals surface area contributed by atoms with Gasteiger partial charge in [-0.15, -0.1) is 0 Å². The standard InChI is InChI=1S/C14H16FNO2/c15-10-7-13(16(8-10)14(17)18)12-4-2-1-3-11(12)9-5-6-9/h1-4,9-10,13H,5-8H2,(H,17,18). The van der Waals surface area contributed by atoms with Crippen molar-refractivity contribution < 1.29 is 14.3 Å². The third kappa shape index (κ3) is 1.96. The number of benzene rings is 1. The summed E-state index contributed by atoms with van der Waals surface area (Å²) in [6.45, 7) is -0.000991. The molecule has 1 saturated heterocycles. The first-order chi connectivity index (χ1) is 8.66. The highest BCUT2D eigenvalue weighted by atomic mass is 19.1. The number of rotatable bonds is 2. The molecule has 1 aliphatic carbocycles. The van der Waals surface area contributed by atoms with E-state index in [1.807, 2.05) is 18.2 Å². The van der Waals surface area contributed by atoms with Crippen molar-refractivity contribution in [3.05, 3.63) is 35.4 Å². The Hall–Kier alpha value is -1.58. The summed E-state index contributed by atoms with van der Waals surface area (Å²) in [5.74, 6) is 0.551. The molecule has 3 rings (SSSR count). The number of amides is 1. The van der Waals surface area contributed by atoms with Gasteiger partial charge in [-0.3, -0.25) is 4.90 Å². The molecule has 1 aromatic carbocycles. The maximum atomic E-state index is 13.5. The van der Waals surface area contributed by atoms with Gasteiger partial charge in [0.25, 0.3) is 0 Å². The maximum Gasteiger partial charge on any atom is 0.407 e. The van der Waals surface area contributed by atoms with Gasteiger partial charge in [0.1, 0.15) is 6.17 Å². The number of hydrogen-bond donors (Lipinski definition) is 1. The van der Waals surface area contributed by atoms with Crippen LogP contribution in [0.4, 0.5) is 9.18 Å². The fourth-order valence-corrected chi connectivity index (χ4v) is 2.87. The van der Waals surface area contributed by atoms with E-state index in [1.165, 1.54) is 10.5 Å². The smallest absolute Gasteiger partial charge is 0.407 e. The second-order valence-corrected chi connectivity index (χ2v) is 5.19. The predicted octanol–water partition coefficient (Wildman–Crippen LogP) is 3.33. The Labute approximate surface area is 105 Å². The minimum atomic E-state index is -1.04. The van der Waals surface area contributed by atoms with E-state index in [9.17, 15) is 9.18 Å². The molecule has 0 bridgehead atoms. The van der Waals surface area contributed by atoms with Crippen LogP contribution in [0.2, 0.25) is 0 Å². The average molecular weight is 249 g/mol. The molecular formula is C14H16FNO2. The van der Waals surface area contributed by atoms with E-state index < -0.39 is 12.3 Å². The highest BCUT2D eigenvalue weighted by molar-refractivity contribution is 5.66. The van der Waals surface area contributed by atoms with Crippen molar-refractivity contribution in [3.63, 3.8) is 0 Å². The second-order valence-electron chi connectivity index (χ2n) is 5.19. The second kappa shape index (κ2) is 4.26. The molecule has 18 heavy (non-hydrogen) atoms. The molecular weight excluding hydrogens is 233 g/mol. The number of carbonyl (C=O) groups is 1. The lowest BCUT2D eigenvalue weighted by molar-refractivity contribution is 0.138. The summed E-state index contributed by atoms with van der Waals surface area (Å²) < 4.78 is 13.5. The van der Waals surface area contributed by atoms with Crippen LogP contribution in [0.15, 0.2) is 24.3 Å². The van der Waals surface area contributed by atoms with E-state index in [2.05, 4.69) is 6.07 Å². The zero-order valence-electron chi connectivity index (χ0n) is 10.1. The zero-order chi connectivity index (χ0) is 12.7. The Bertz CT molecular complexity index is 473. The van der Waals surface area contributed by atoms with Crippen molar-refractivity contribution in [1.82, 2.24) is 4.90 Å². The van der Waals surface area contributed by atoms with Crippen molar-refractivity contribution >= 4 is 6.09 Å². The summed E-state index contributed by atoms with van der Waals surface area (Å²) in [5, 5.41) is 9.17. The van der Waals surface area contributed by atoms with E-state index in [1.54, 1.807) is 0 Å². The molecule has 96 valence electrons. The Morgan fingerprint density at radius 3 is 2.56 bits per heavy atom. The number of hydrogen-bond acceptors (Lipinski definition) is 1. The summed E-state index contributed by atoms with van der Waals surface area (Å²) in [6, 6.07) is 7.58. The molecule has 2 atom stereocenters. The third-order valence-electron chi connectivity index (χ3n) is 3.87. The topological polar surface area (TPSA) is 40.5 Å². The normalized spacial score (nSPS) is 27.5. The molecule has 1 amide bonds. The van der Waals surface area contributed by atoms with Gasteiger partial charge in [-0.2, -0.15) is 0 Å². The SMILES string of the molecule is O=C(O)N1CC(F)CC1c1ccccc1C1CC1. The van der Waals surface area contributed by atoms with Crippen LogP contribution in [0, 0.1) is 0 Å². The lowest BCUT2D eigenvalue weighted by atomic mass is 9.95. The molecule has 0 radical (unpaired) electrons. The Balaban J connectivity index is 1.95. The van der Waals surface area contributed by atoms with Gasteiger partial charge >= 0.3 is 6.09 Å². The molecule has 1 N–H and O–H groups in total. The van der Waals surface area contributed by atoms with E-state index in [-0.39, 0.29) is 19.0 Å². The Kier molecular flexibility index (Phi) is 2.73. The molecule has 3 nitrogen and oxygen atoms in total. The highest BCUT2D eigenvalue weighted by Crippen LogP contribution is 2.45. The summed E-state index contributed by atoms with van der Waals surface area (Å²) >= 11 is 0. The average Bonchev–Trinajstić information content (AvgIpc) is 3.12. The molecule has 1 saturated carbocycles. The minimum Gasteiger partial charge on any atom is -0.465 e. The summed E-state index contributed by atoms with van der Waals surface area (Å²) in [4.78, 5) is 12.4. The van der Waals surface area contributed by atoms with Gasteiger partial charge in [0, 0.05) is 6.42 Å². The fraction of sp³-hybridized carbons (Fsp3) is 0.500. The zero-order valence-corrected chi connectivity index (χ0v) is 10.1. The number of halogens is 1. The van der Waals surface area contributed by atoms with Gasteiger partial charge in [0.15, 0.2) is 0 Å². The van der Waals surface area contributed by atoms with E-state index in [0.29, 0.717) is 5.92 Å². The highest BCUT2D eigenvalue weighted by Gasteiger charge is 2.39. The van der Waals surface area contributed by atoms with Crippen LogP contribution in [0.25, 0.3) is 0 Å². The van der Waals surface area contributed by atoms with Crippen molar-refractivity contribution in [2.24, 2.45) is 0 Å². The van der Waals surface area contributed by atoms with Crippen LogP contribution in [0.3, 0.4) is 0 Å². The van der Waals surface area contributed by atoms with Gasteiger partial charge in [0.2, 0.25) is 0 Å². The molecule has 2 unspecified atom stereocenters. The van der Waals surface area contributed by atoms with E-state index >= 15 is 0 Å². The molecule has 0 aromatic heterocycles. The summed E-state index contributed by atoms with van der Waals surface area (Å²) in [5.41, 5.74) is 2.21. The van der Waals surface area contributed by atoms with Gasteiger partial charge in [-0.25, -0.2) is 9.18 Å². The molecule has 4 heteroatoms. The largest absolute Gasteiger partial charge is 0.465 e. The minimum absolute atomic E-state index is 0.000991. The summed E-state index contributed by atoms with van der Waals surface area (Å²) in [6.07, 6.45) is 0.547. The Morgan fingerprint density at radius 1 is 1.28 bits per heavy atom. The van der Waals surface area contributed by atoms with Crippen LogP contribution in [-0.4, -0.2) is 28.8 Å². The lowest BCUT2D eigenvalue weighted by Gasteiger charge is -2.23. The Morgan fingerprint density at radius 2 is 1.94 bits per heavy atom. The van der Waals surface area contributed by atoms with Crippen LogP contribution in [-0.2, 0) is 0 Å². The molecule has 1 aromatic rings. The van der Waals surface area contributed by atoms with Crippen molar-refractivity contribution in [3.8, 4) is 0 Å². The number of nitrogens with zero attached hydrogens (tertiary/aromatic N) is 1. The van der Waals surface area contributed by atoms with Crippen LogP contribution in [0.1, 0.15) is 42.3 Å². The van der Waals surface area contributed by atoms with Crippen molar-refractivity contribution in [2.75, 3.05) is 6.54 Å². The number of likely N-dealkylation sites (tertiary alicyclic amines) is 1. The fourth-order valence-electron chi connectivity index (χ4n) is 2.87. The lowest BCUT2D eigenvalue weighted by Crippen LogP contribution is -2.30. The van der Waals surface area contributed by atoms with Crippen LogP contribution >= 0.6 is 0 Å². The first kappa shape index (κ1) is 11.5. The van der Waals surface area contributed by atoms with E-state index in [4.69, 9.17) is 5.11 Å². The number of alkyl halides is 1. The van der Waals surface area contributed by atoms with Crippen molar-refractivity contribution in [2.45, 2.75) is 37.4 Å². The van der Waals surface area contributed by atoms with Gasteiger partial charge < -0.3 is 5.11 Å². The third-order valence-corrected chi connectivity index (χ3v) is 3.87. The van der Waals surface area contributed by atoms with Crippen molar-refractivity contribution in [1.29, 1.82) is 0 Å². The summed E-state index contributed by atoms with van der Waals surface area (Å²) in [7, 11) is 0. The van der Waals surface area contributed by atoms with Gasteiger partial charge in [-0.05, 0) is 29.9 Å². The van der Waals surface area contributed by atoms with Crippen LogP contribution in [0.5, 0.6) is 0 Å². The first-order valence-electron chi connectivity index (χ1n) is 6.39. The maximum absolute atomic E-state index is 13.5. The molecule has 0 spiro atoms. The quantitative estimate of drug-likeness (QED) is 0.873. The van der Waals surface area contributed by atoms with Gasteiger partial charge in [0.05, 0.1) is 12.6 Å². The molecule has 1 heterocycles. The predicted molar refractivity (Wildman–Crippen MR) is 65.4 cm³/mol.